The molecule has 0 saturated heterocycles. The first-order valence-corrected chi connectivity index (χ1v) is 12.3. The zero-order valence-electron chi connectivity index (χ0n) is 19.6. The number of halogens is 3. The Labute approximate surface area is 189 Å². The molecule has 7 heteroatoms. The zero-order valence-corrected chi connectivity index (χ0v) is 19.6. The van der Waals surface area contributed by atoms with Gasteiger partial charge < -0.3 is 10.6 Å². The lowest BCUT2D eigenvalue weighted by Crippen LogP contribution is -2.61. The molecule has 3 fully saturated rings. The first kappa shape index (κ1) is 23.6. The van der Waals surface area contributed by atoms with E-state index in [1.165, 1.54) is 25.7 Å². The summed E-state index contributed by atoms with van der Waals surface area (Å²) in [6.07, 6.45) is 4.41. The smallest absolute Gasteiger partial charge is 0.349 e. The third-order valence-electron chi connectivity index (χ3n) is 9.38. The van der Waals surface area contributed by atoms with Crippen molar-refractivity contribution in [1.82, 2.24) is 10.6 Å². The largest absolute Gasteiger partial charge is 0.391 e. The lowest BCUT2D eigenvalue weighted by molar-refractivity contribution is -0.144. The summed E-state index contributed by atoms with van der Waals surface area (Å²) < 4.78 is 39.0. The van der Waals surface area contributed by atoms with Gasteiger partial charge in [0.05, 0.1) is 6.42 Å². The Kier molecular flexibility index (Phi) is 5.94. The van der Waals surface area contributed by atoms with Crippen molar-refractivity contribution in [2.45, 2.75) is 97.3 Å². The summed E-state index contributed by atoms with van der Waals surface area (Å²) in [6.45, 7) is 7.87. The number of hydrogen-bond donors (Lipinski definition) is 2. The fourth-order valence-corrected chi connectivity index (χ4v) is 7.55. The van der Waals surface area contributed by atoms with Gasteiger partial charge in [-0.15, -0.1) is 0 Å². The van der Waals surface area contributed by atoms with Crippen molar-refractivity contribution < 1.29 is 22.8 Å². The van der Waals surface area contributed by atoms with Gasteiger partial charge in [-0.3, -0.25) is 9.59 Å². The predicted molar refractivity (Wildman–Crippen MR) is 116 cm³/mol. The van der Waals surface area contributed by atoms with E-state index < -0.39 is 36.4 Å². The molecule has 180 valence electrons. The topological polar surface area (TPSA) is 58.2 Å². The lowest BCUT2D eigenvalue weighted by atomic mass is 9.48. The highest BCUT2D eigenvalue weighted by Crippen LogP contribution is 2.63. The molecular weight excluding hydrogens is 417 g/mol. The molecule has 3 aliphatic carbocycles. The Morgan fingerprint density at radius 2 is 1.88 bits per heavy atom. The molecular formula is C25H37F3N2O2. The van der Waals surface area contributed by atoms with Gasteiger partial charge in [0.25, 0.3) is 11.8 Å². The SMILES string of the molecule is CC(C)C(CC(F)(F)F)NC(=O)C1=C[C@@]2(C)C(CC[C@@H]3[C@H]2CC[C@]2(C)CCC[C@@H]32)NC1=O. The van der Waals surface area contributed by atoms with E-state index in [0.717, 1.165) is 19.3 Å². The van der Waals surface area contributed by atoms with Crippen LogP contribution in [-0.2, 0) is 9.59 Å². The Morgan fingerprint density at radius 1 is 1.16 bits per heavy atom. The molecule has 1 aliphatic heterocycles. The Hall–Kier alpha value is -1.53. The van der Waals surface area contributed by atoms with Crippen LogP contribution in [0.1, 0.15) is 79.1 Å². The molecule has 4 rings (SSSR count). The number of nitrogens with one attached hydrogen (secondary N) is 2. The average Bonchev–Trinajstić information content (AvgIpc) is 3.08. The number of hydrogen-bond acceptors (Lipinski definition) is 2. The van der Waals surface area contributed by atoms with Crippen molar-refractivity contribution in [3.63, 3.8) is 0 Å². The molecule has 4 aliphatic rings. The first-order valence-electron chi connectivity index (χ1n) is 12.3. The second-order valence-electron chi connectivity index (χ2n) is 11.6. The maximum Gasteiger partial charge on any atom is 0.391 e. The van der Waals surface area contributed by atoms with Gasteiger partial charge in [0.1, 0.15) is 5.57 Å². The Bertz CT molecular complexity index is 807. The molecule has 0 aromatic carbocycles. The van der Waals surface area contributed by atoms with Gasteiger partial charge in [0.2, 0.25) is 0 Å². The van der Waals surface area contributed by atoms with E-state index in [-0.39, 0.29) is 17.0 Å². The van der Waals surface area contributed by atoms with Crippen LogP contribution in [0.25, 0.3) is 0 Å². The molecule has 2 unspecified atom stereocenters. The van der Waals surface area contributed by atoms with Crippen LogP contribution in [0.5, 0.6) is 0 Å². The highest BCUT2D eigenvalue weighted by molar-refractivity contribution is 6.19. The molecule has 2 N–H and O–H groups in total. The minimum absolute atomic E-state index is 0.0167. The third kappa shape index (κ3) is 4.09. The van der Waals surface area contributed by atoms with E-state index in [0.29, 0.717) is 23.2 Å². The van der Waals surface area contributed by atoms with Crippen LogP contribution in [0.15, 0.2) is 11.6 Å². The van der Waals surface area contributed by atoms with Gasteiger partial charge in [-0.05, 0) is 67.6 Å². The van der Waals surface area contributed by atoms with Crippen molar-refractivity contribution in [3.8, 4) is 0 Å². The van der Waals surface area contributed by atoms with Crippen LogP contribution in [0.3, 0.4) is 0 Å². The summed E-state index contributed by atoms with van der Waals surface area (Å²) in [6, 6.07) is -1.08. The molecule has 2 amide bonds. The summed E-state index contributed by atoms with van der Waals surface area (Å²) in [5, 5.41) is 5.57. The van der Waals surface area contributed by atoms with Gasteiger partial charge in [0.15, 0.2) is 0 Å². The molecule has 3 saturated carbocycles. The first-order chi connectivity index (χ1) is 14.8. The van der Waals surface area contributed by atoms with Gasteiger partial charge in [-0.1, -0.05) is 40.2 Å². The monoisotopic (exact) mass is 454 g/mol. The van der Waals surface area contributed by atoms with E-state index >= 15 is 0 Å². The van der Waals surface area contributed by atoms with Crippen LogP contribution in [0.4, 0.5) is 13.2 Å². The van der Waals surface area contributed by atoms with Crippen molar-refractivity contribution in [2.75, 3.05) is 0 Å². The normalized spacial score (nSPS) is 40.0. The van der Waals surface area contributed by atoms with Crippen molar-refractivity contribution >= 4 is 11.8 Å². The standard InChI is InChI=1S/C25H37F3N2O2/c1-14(2)19(13-25(26,27)28)29-21(31)16-12-24(4)18-9-11-23(3)10-5-6-17(23)15(18)7-8-20(24)30-22(16)32/h12,14-15,17-20H,5-11,13H2,1-4H3,(H,29,31)(H,30,32)/t15-,17-,18+,19?,20?,23-,24+/m0/s1. The fourth-order valence-electron chi connectivity index (χ4n) is 7.55. The lowest BCUT2D eigenvalue weighted by Gasteiger charge is -2.58. The van der Waals surface area contributed by atoms with Crippen LogP contribution in [0, 0.1) is 34.5 Å². The summed E-state index contributed by atoms with van der Waals surface area (Å²) in [4.78, 5) is 25.8. The number of fused-ring (bicyclic) bond motifs is 5. The number of alkyl halides is 3. The molecule has 4 nitrogen and oxygen atoms in total. The van der Waals surface area contributed by atoms with Crippen molar-refractivity contribution in [3.05, 3.63) is 11.6 Å². The van der Waals surface area contributed by atoms with Crippen molar-refractivity contribution in [2.24, 2.45) is 34.5 Å². The number of amides is 2. The Morgan fingerprint density at radius 3 is 2.53 bits per heavy atom. The van der Waals surface area contributed by atoms with Gasteiger partial charge >= 0.3 is 6.18 Å². The summed E-state index contributed by atoms with van der Waals surface area (Å²) in [5.41, 5.74) is 0.0518. The molecule has 7 atom stereocenters. The van der Waals surface area contributed by atoms with Gasteiger partial charge in [-0.2, -0.15) is 13.2 Å². The van der Waals surface area contributed by atoms with Crippen LogP contribution >= 0.6 is 0 Å². The quantitative estimate of drug-likeness (QED) is 0.578. The van der Waals surface area contributed by atoms with E-state index in [1.54, 1.807) is 13.8 Å². The van der Waals surface area contributed by atoms with Crippen LogP contribution in [-0.4, -0.2) is 30.1 Å². The van der Waals surface area contributed by atoms with Crippen LogP contribution < -0.4 is 10.6 Å². The Balaban J connectivity index is 1.59. The number of carbonyl (C=O) groups is 2. The van der Waals surface area contributed by atoms with Gasteiger partial charge in [0, 0.05) is 17.5 Å². The number of rotatable bonds is 4. The van der Waals surface area contributed by atoms with E-state index in [9.17, 15) is 22.8 Å². The molecule has 1 heterocycles. The maximum absolute atomic E-state index is 13.0. The van der Waals surface area contributed by atoms with E-state index in [4.69, 9.17) is 0 Å². The predicted octanol–water partition coefficient (Wildman–Crippen LogP) is 5.14. The second-order valence-corrected chi connectivity index (χ2v) is 11.6. The minimum Gasteiger partial charge on any atom is -0.349 e. The fraction of sp³-hybridized carbons (Fsp3) is 0.840. The van der Waals surface area contributed by atoms with Gasteiger partial charge in [-0.25, -0.2) is 0 Å². The van der Waals surface area contributed by atoms with Crippen LogP contribution in [0.2, 0.25) is 0 Å². The van der Waals surface area contributed by atoms with E-state index in [2.05, 4.69) is 24.5 Å². The summed E-state index contributed by atoms with van der Waals surface area (Å²) in [7, 11) is 0. The average molecular weight is 455 g/mol. The maximum atomic E-state index is 13.0. The highest BCUT2D eigenvalue weighted by Gasteiger charge is 2.58. The van der Waals surface area contributed by atoms with E-state index in [1.807, 2.05) is 6.08 Å². The molecule has 0 bridgehead atoms. The second kappa shape index (κ2) is 8.05. The summed E-state index contributed by atoms with van der Waals surface area (Å²) >= 11 is 0. The molecule has 0 spiro atoms. The molecule has 0 aromatic heterocycles. The molecule has 0 radical (unpaired) electrons. The molecule has 32 heavy (non-hydrogen) atoms. The minimum atomic E-state index is -4.38. The highest BCUT2D eigenvalue weighted by atomic mass is 19.4. The molecule has 0 aromatic rings. The number of carbonyl (C=O) groups excluding carboxylic acids is 2. The zero-order chi connectivity index (χ0) is 23.5. The summed E-state index contributed by atoms with van der Waals surface area (Å²) in [5.74, 6) is 0.125. The van der Waals surface area contributed by atoms with Crippen molar-refractivity contribution in [1.29, 1.82) is 0 Å². The third-order valence-corrected chi connectivity index (χ3v) is 9.38.